The number of hydrogen-bond acceptors (Lipinski definition) is 0. The molecule has 1 saturated carbocycles. The summed E-state index contributed by atoms with van der Waals surface area (Å²) in [6, 6.07) is 10.9. The van der Waals surface area contributed by atoms with E-state index in [4.69, 9.17) is 0 Å². The lowest BCUT2D eigenvalue weighted by molar-refractivity contribution is 0.513. The van der Waals surface area contributed by atoms with E-state index in [1.165, 1.54) is 31.2 Å². The molecule has 1 fully saturated rings. The Morgan fingerprint density at radius 2 is 1.92 bits per heavy atom. The molecule has 1 aliphatic rings. The van der Waals surface area contributed by atoms with Crippen LogP contribution in [0, 0.1) is 11.8 Å². The highest BCUT2D eigenvalue weighted by Gasteiger charge is 2.20. The average molecular weight is 174 g/mol. The summed E-state index contributed by atoms with van der Waals surface area (Å²) in [4.78, 5) is 0. The molecule has 1 aliphatic carbocycles. The van der Waals surface area contributed by atoms with Gasteiger partial charge < -0.3 is 0 Å². The summed E-state index contributed by atoms with van der Waals surface area (Å²) in [5.41, 5.74) is 1.52. The van der Waals surface area contributed by atoms with Crippen LogP contribution >= 0.6 is 0 Å². The molecule has 0 saturated heterocycles. The molecule has 1 aromatic carbocycles. The Morgan fingerprint density at radius 1 is 1.15 bits per heavy atom. The van der Waals surface area contributed by atoms with Gasteiger partial charge in [0.2, 0.25) is 0 Å². The fraction of sp³-hybridized carbons (Fsp3) is 0.538. The van der Waals surface area contributed by atoms with Crippen LogP contribution in [0.1, 0.15) is 31.7 Å². The normalized spacial score (nSPS) is 27.8. The van der Waals surface area contributed by atoms with Gasteiger partial charge >= 0.3 is 0 Å². The number of benzene rings is 1. The van der Waals surface area contributed by atoms with E-state index in [0.29, 0.717) is 0 Å². The summed E-state index contributed by atoms with van der Waals surface area (Å²) in [5.74, 6) is 1.92. The summed E-state index contributed by atoms with van der Waals surface area (Å²) in [5, 5.41) is 0. The maximum Gasteiger partial charge on any atom is -0.0250 e. The zero-order chi connectivity index (χ0) is 9.10. The summed E-state index contributed by atoms with van der Waals surface area (Å²) in [7, 11) is 0. The van der Waals surface area contributed by atoms with Crippen LogP contribution in [0.3, 0.4) is 0 Å². The van der Waals surface area contributed by atoms with Gasteiger partial charge in [0.05, 0.1) is 0 Å². The summed E-state index contributed by atoms with van der Waals surface area (Å²) in [6.07, 6.45) is 5.62. The molecule has 0 nitrogen and oxygen atoms in total. The lowest BCUT2D eigenvalue weighted by atomic mass is 9.97. The molecule has 0 heterocycles. The molecule has 2 rings (SSSR count). The maximum atomic E-state index is 2.38. The third-order valence-corrected chi connectivity index (χ3v) is 3.17. The first-order valence-corrected chi connectivity index (χ1v) is 5.38. The fourth-order valence-electron chi connectivity index (χ4n) is 2.46. The van der Waals surface area contributed by atoms with Gasteiger partial charge in [0, 0.05) is 0 Å². The van der Waals surface area contributed by atoms with Crippen LogP contribution in [0.25, 0.3) is 0 Å². The van der Waals surface area contributed by atoms with Gasteiger partial charge in [0.1, 0.15) is 0 Å². The number of rotatable bonds is 2. The van der Waals surface area contributed by atoms with E-state index in [0.717, 1.165) is 11.8 Å². The first-order chi connectivity index (χ1) is 6.34. The first-order valence-electron chi connectivity index (χ1n) is 5.38. The van der Waals surface area contributed by atoms with Gasteiger partial charge in [-0.2, -0.15) is 0 Å². The molecule has 0 spiro atoms. The third kappa shape index (κ3) is 2.33. The standard InChI is InChI=1S/C13H18/c1-11-7-8-13(9-11)10-12-5-3-2-4-6-12/h2-6,11,13H,7-10H2,1H3. The Balaban J connectivity index is 1.92. The second kappa shape index (κ2) is 3.95. The van der Waals surface area contributed by atoms with E-state index in [2.05, 4.69) is 37.3 Å². The van der Waals surface area contributed by atoms with Gasteiger partial charge in [-0.05, 0) is 36.7 Å². The minimum absolute atomic E-state index is 0.956. The minimum atomic E-state index is 0.956. The van der Waals surface area contributed by atoms with E-state index >= 15 is 0 Å². The van der Waals surface area contributed by atoms with Crippen molar-refractivity contribution in [2.75, 3.05) is 0 Å². The van der Waals surface area contributed by atoms with Gasteiger partial charge in [-0.25, -0.2) is 0 Å². The molecule has 0 aliphatic heterocycles. The molecule has 0 heteroatoms. The lowest BCUT2D eigenvalue weighted by Crippen LogP contribution is -1.99. The van der Waals surface area contributed by atoms with E-state index in [1.807, 2.05) is 0 Å². The van der Waals surface area contributed by atoms with Crippen LogP contribution in [-0.2, 0) is 6.42 Å². The molecule has 0 radical (unpaired) electrons. The molecule has 70 valence electrons. The van der Waals surface area contributed by atoms with Crippen LogP contribution in [0.5, 0.6) is 0 Å². The zero-order valence-electron chi connectivity index (χ0n) is 8.37. The molecule has 13 heavy (non-hydrogen) atoms. The van der Waals surface area contributed by atoms with Crippen molar-refractivity contribution >= 4 is 0 Å². The quantitative estimate of drug-likeness (QED) is 0.641. The van der Waals surface area contributed by atoms with Crippen LogP contribution in [0.2, 0.25) is 0 Å². The van der Waals surface area contributed by atoms with E-state index in [1.54, 1.807) is 0 Å². The van der Waals surface area contributed by atoms with Crippen molar-refractivity contribution in [1.29, 1.82) is 0 Å². The van der Waals surface area contributed by atoms with Gasteiger partial charge in [0.15, 0.2) is 0 Å². The first kappa shape index (κ1) is 8.80. The molecule has 0 aromatic heterocycles. The highest BCUT2D eigenvalue weighted by atomic mass is 14.3. The third-order valence-electron chi connectivity index (χ3n) is 3.17. The second-order valence-corrected chi connectivity index (χ2v) is 4.47. The Bertz CT molecular complexity index is 250. The Morgan fingerprint density at radius 3 is 2.54 bits per heavy atom. The molecule has 1 aromatic rings. The second-order valence-electron chi connectivity index (χ2n) is 4.47. The fourth-order valence-corrected chi connectivity index (χ4v) is 2.46. The van der Waals surface area contributed by atoms with Crippen molar-refractivity contribution < 1.29 is 0 Å². The predicted octanol–water partition coefficient (Wildman–Crippen LogP) is 3.67. The van der Waals surface area contributed by atoms with Gasteiger partial charge in [0.25, 0.3) is 0 Å². The maximum absolute atomic E-state index is 2.38. The van der Waals surface area contributed by atoms with Gasteiger partial charge in [-0.15, -0.1) is 0 Å². The van der Waals surface area contributed by atoms with Crippen molar-refractivity contribution in [3.8, 4) is 0 Å². The topological polar surface area (TPSA) is 0 Å². The van der Waals surface area contributed by atoms with Gasteiger partial charge in [-0.3, -0.25) is 0 Å². The Labute approximate surface area is 81.0 Å². The van der Waals surface area contributed by atoms with Crippen molar-refractivity contribution in [3.05, 3.63) is 35.9 Å². The molecular formula is C13H18. The zero-order valence-corrected chi connectivity index (χ0v) is 8.37. The summed E-state index contributed by atoms with van der Waals surface area (Å²) < 4.78 is 0. The van der Waals surface area contributed by atoms with Crippen LogP contribution < -0.4 is 0 Å². The van der Waals surface area contributed by atoms with E-state index in [-0.39, 0.29) is 0 Å². The SMILES string of the molecule is CC1CCC(Cc2ccccc2)C1. The van der Waals surface area contributed by atoms with Crippen molar-refractivity contribution in [1.82, 2.24) is 0 Å². The summed E-state index contributed by atoms with van der Waals surface area (Å²) in [6.45, 7) is 2.38. The van der Waals surface area contributed by atoms with Crippen LogP contribution in [0.15, 0.2) is 30.3 Å². The molecule has 2 atom stereocenters. The lowest BCUT2D eigenvalue weighted by Gasteiger charge is -2.08. The van der Waals surface area contributed by atoms with Crippen LogP contribution in [0.4, 0.5) is 0 Å². The molecule has 0 N–H and O–H groups in total. The minimum Gasteiger partial charge on any atom is -0.0625 e. The van der Waals surface area contributed by atoms with E-state index in [9.17, 15) is 0 Å². The van der Waals surface area contributed by atoms with E-state index < -0.39 is 0 Å². The molecule has 0 amide bonds. The monoisotopic (exact) mass is 174 g/mol. The number of hydrogen-bond donors (Lipinski definition) is 0. The van der Waals surface area contributed by atoms with Crippen molar-refractivity contribution in [3.63, 3.8) is 0 Å². The largest absolute Gasteiger partial charge is 0.0625 e. The predicted molar refractivity (Wildman–Crippen MR) is 56.7 cm³/mol. The smallest absolute Gasteiger partial charge is 0.0250 e. The molecule has 0 bridgehead atoms. The highest BCUT2D eigenvalue weighted by Crippen LogP contribution is 2.32. The Kier molecular flexibility index (Phi) is 2.68. The average Bonchev–Trinajstić information content (AvgIpc) is 2.53. The highest BCUT2D eigenvalue weighted by molar-refractivity contribution is 5.15. The molecular weight excluding hydrogens is 156 g/mol. The summed E-state index contributed by atoms with van der Waals surface area (Å²) >= 11 is 0. The van der Waals surface area contributed by atoms with Crippen LogP contribution in [-0.4, -0.2) is 0 Å². The Hall–Kier alpha value is -0.780. The molecule has 2 unspecified atom stereocenters. The van der Waals surface area contributed by atoms with Crippen molar-refractivity contribution in [2.45, 2.75) is 32.6 Å². The van der Waals surface area contributed by atoms with Crippen molar-refractivity contribution in [2.24, 2.45) is 11.8 Å². The van der Waals surface area contributed by atoms with Gasteiger partial charge in [-0.1, -0.05) is 43.7 Å².